The molecule has 0 N–H and O–H groups in total. The molecule has 0 saturated carbocycles. The van der Waals surface area contributed by atoms with Crippen molar-refractivity contribution >= 4 is 11.8 Å². The molecule has 0 fully saturated rings. The molecule has 1 aliphatic heterocycles. The van der Waals surface area contributed by atoms with Gasteiger partial charge < -0.3 is 0 Å². The van der Waals surface area contributed by atoms with Crippen molar-refractivity contribution in [3.63, 3.8) is 0 Å². The number of nitrogens with zero attached hydrogens (tertiary/aromatic N) is 3. The Morgan fingerprint density at radius 3 is 1.51 bits per heavy atom. The second-order valence-corrected chi connectivity index (χ2v) is 17.3. The molecular weight excluding hydrogens is 735 g/mol. The van der Waals surface area contributed by atoms with Gasteiger partial charge in [0, 0.05) is 37.5 Å². The lowest BCUT2D eigenvalue weighted by Gasteiger charge is -2.40. The number of hydrogen-bond acceptors (Lipinski definition) is 4. The molecule has 0 radical (unpaired) electrons. The lowest BCUT2D eigenvalue weighted by Crippen LogP contribution is -2.32. The van der Waals surface area contributed by atoms with E-state index in [9.17, 15) is 0 Å². The van der Waals surface area contributed by atoms with Gasteiger partial charge in [-0.1, -0.05) is 208 Å². The van der Waals surface area contributed by atoms with Gasteiger partial charge in [-0.05, 0) is 67.3 Å². The Morgan fingerprint density at radius 2 is 0.831 bits per heavy atom. The fourth-order valence-electron chi connectivity index (χ4n) is 10.2. The van der Waals surface area contributed by atoms with E-state index in [0.29, 0.717) is 17.5 Å². The van der Waals surface area contributed by atoms with E-state index < -0.39 is 5.41 Å². The zero-order valence-electron chi connectivity index (χ0n) is 32.6. The molecule has 2 heterocycles. The number of hydrogen-bond donors (Lipinski definition) is 0. The van der Waals surface area contributed by atoms with Crippen LogP contribution in [0.15, 0.2) is 198 Å². The molecule has 4 heteroatoms. The molecule has 0 atom stereocenters. The van der Waals surface area contributed by atoms with Crippen LogP contribution in [-0.2, 0) is 10.8 Å². The lowest BCUT2D eigenvalue weighted by molar-refractivity contribution is 0.657. The molecule has 1 aromatic heterocycles. The normalized spacial score (nSPS) is 14.5. The summed E-state index contributed by atoms with van der Waals surface area (Å²) in [6.07, 6.45) is 0. The Kier molecular flexibility index (Phi) is 7.42. The van der Waals surface area contributed by atoms with Crippen LogP contribution in [0.4, 0.5) is 0 Å². The Morgan fingerprint density at radius 1 is 0.356 bits per heavy atom. The van der Waals surface area contributed by atoms with E-state index in [1.54, 1.807) is 0 Å². The third-order valence-electron chi connectivity index (χ3n) is 12.8. The van der Waals surface area contributed by atoms with Gasteiger partial charge in [-0.25, -0.2) is 15.0 Å². The van der Waals surface area contributed by atoms with Crippen molar-refractivity contribution in [2.24, 2.45) is 0 Å². The van der Waals surface area contributed by atoms with Crippen molar-refractivity contribution in [3.05, 3.63) is 221 Å². The highest BCUT2D eigenvalue weighted by atomic mass is 32.2. The second kappa shape index (κ2) is 12.8. The minimum absolute atomic E-state index is 0.330. The average Bonchev–Trinajstić information content (AvgIpc) is 3.73. The first-order chi connectivity index (χ1) is 29.0. The quantitative estimate of drug-likeness (QED) is 0.179. The third kappa shape index (κ3) is 4.87. The van der Waals surface area contributed by atoms with E-state index in [4.69, 9.17) is 15.0 Å². The van der Waals surface area contributed by atoms with Crippen LogP contribution in [0.25, 0.3) is 67.5 Å². The average molecular weight is 772 g/mol. The summed E-state index contributed by atoms with van der Waals surface area (Å²) in [6, 6.07) is 68.0. The summed E-state index contributed by atoms with van der Waals surface area (Å²) in [5.74, 6) is 2.00. The van der Waals surface area contributed by atoms with Crippen molar-refractivity contribution in [1.82, 2.24) is 15.0 Å². The highest BCUT2D eigenvalue weighted by Gasteiger charge is 2.52. The molecule has 278 valence electrons. The summed E-state index contributed by atoms with van der Waals surface area (Å²) in [5, 5.41) is 0. The van der Waals surface area contributed by atoms with Gasteiger partial charge in [0.05, 0.1) is 5.41 Å². The van der Waals surface area contributed by atoms with Gasteiger partial charge in [0.2, 0.25) is 0 Å². The van der Waals surface area contributed by atoms with Gasteiger partial charge in [-0.15, -0.1) is 0 Å². The molecule has 3 aliphatic rings. The summed E-state index contributed by atoms with van der Waals surface area (Å²) in [4.78, 5) is 18.3. The molecular formula is C55H37N3S. The van der Waals surface area contributed by atoms with E-state index in [1.807, 2.05) is 36.0 Å². The number of benzene rings is 8. The molecule has 2 aliphatic carbocycles. The van der Waals surface area contributed by atoms with Crippen molar-refractivity contribution in [3.8, 4) is 67.5 Å². The highest BCUT2D eigenvalue weighted by molar-refractivity contribution is 7.99. The Labute approximate surface area is 348 Å². The van der Waals surface area contributed by atoms with Crippen LogP contribution in [0.1, 0.15) is 47.2 Å². The maximum absolute atomic E-state index is 5.31. The van der Waals surface area contributed by atoms with Crippen LogP contribution in [-0.4, -0.2) is 15.0 Å². The van der Waals surface area contributed by atoms with Gasteiger partial charge in [-0.3, -0.25) is 0 Å². The standard InChI is InChI=1S/C55H37N3S/c1-54(2)45-32-33-46-50(59-47-27-14-13-26-44(47)55(46)42-24-11-9-20-38(42)39-21-10-12-25-43(39)55)48(45)40-22-15-23-41(49(40)54)53-57-51(36-18-7-4-8-19-36)56-52(58-53)37-30-28-35(29-31-37)34-16-5-3-6-17-34/h3-33H,1-2H3. The minimum Gasteiger partial charge on any atom is -0.208 e. The van der Waals surface area contributed by atoms with Crippen molar-refractivity contribution in [2.45, 2.75) is 34.5 Å². The molecule has 1 spiro atoms. The zero-order chi connectivity index (χ0) is 39.3. The maximum Gasteiger partial charge on any atom is 0.164 e. The van der Waals surface area contributed by atoms with E-state index in [-0.39, 0.29) is 5.41 Å². The van der Waals surface area contributed by atoms with Gasteiger partial charge in [0.25, 0.3) is 0 Å². The van der Waals surface area contributed by atoms with Crippen LogP contribution in [0, 0.1) is 0 Å². The summed E-state index contributed by atoms with van der Waals surface area (Å²) in [6.45, 7) is 4.74. The maximum atomic E-state index is 5.31. The molecule has 0 unspecified atom stereocenters. The number of rotatable bonds is 4. The smallest absolute Gasteiger partial charge is 0.164 e. The molecule has 12 rings (SSSR count). The van der Waals surface area contributed by atoms with Gasteiger partial charge >= 0.3 is 0 Å². The molecule has 0 saturated heterocycles. The monoisotopic (exact) mass is 771 g/mol. The number of aromatic nitrogens is 3. The van der Waals surface area contributed by atoms with Gasteiger partial charge in [0.15, 0.2) is 17.5 Å². The van der Waals surface area contributed by atoms with E-state index >= 15 is 0 Å². The van der Waals surface area contributed by atoms with Crippen LogP contribution in [0.3, 0.4) is 0 Å². The second-order valence-electron chi connectivity index (χ2n) is 16.3. The van der Waals surface area contributed by atoms with Gasteiger partial charge in [0.1, 0.15) is 0 Å². The van der Waals surface area contributed by atoms with Crippen LogP contribution < -0.4 is 0 Å². The molecule has 3 nitrogen and oxygen atoms in total. The molecule has 0 amide bonds. The zero-order valence-corrected chi connectivity index (χ0v) is 33.5. The van der Waals surface area contributed by atoms with Crippen molar-refractivity contribution in [2.75, 3.05) is 0 Å². The predicted molar refractivity (Wildman–Crippen MR) is 241 cm³/mol. The van der Waals surface area contributed by atoms with E-state index in [1.165, 1.54) is 71.0 Å². The fourth-order valence-corrected chi connectivity index (χ4v) is 11.6. The minimum atomic E-state index is -0.437. The molecule has 9 aromatic rings. The third-order valence-corrected chi connectivity index (χ3v) is 14.0. The van der Waals surface area contributed by atoms with E-state index in [0.717, 1.165) is 22.3 Å². The Bertz CT molecular complexity index is 3110. The summed E-state index contributed by atoms with van der Waals surface area (Å²) >= 11 is 1.92. The lowest BCUT2D eigenvalue weighted by atomic mass is 9.66. The largest absolute Gasteiger partial charge is 0.208 e. The topological polar surface area (TPSA) is 38.7 Å². The first kappa shape index (κ1) is 34.2. The Balaban J connectivity index is 1.08. The van der Waals surface area contributed by atoms with E-state index in [2.05, 4.69) is 178 Å². The highest BCUT2D eigenvalue weighted by Crippen LogP contribution is 2.65. The summed E-state index contributed by atoms with van der Waals surface area (Å²) in [5.41, 5.74) is 17.7. The molecule has 0 bridgehead atoms. The fraction of sp³-hybridized carbons (Fsp3) is 0.0727. The first-order valence-corrected chi connectivity index (χ1v) is 21.1. The summed E-state index contributed by atoms with van der Waals surface area (Å²) in [7, 11) is 0. The van der Waals surface area contributed by atoms with Gasteiger partial charge in [-0.2, -0.15) is 0 Å². The van der Waals surface area contributed by atoms with Crippen LogP contribution in [0.2, 0.25) is 0 Å². The van der Waals surface area contributed by atoms with Crippen molar-refractivity contribution in [1.29, 1.82) is 0 Å². The predicted octanol–water partition coefficient (Wildman–Crippen LogP) is 13.7. The summed E-state index contributed by atoms with van der Waals surface area (Å²) < 4.78 is 0. The van der Waals surface area contributed by atoms with Crippen LogP contribution >= 0.6 is 11.8 Å². The van der Waals surface area contributed by atoms with Crippen LogP contribution in [0.5, 0.6) is 0 Å². The molecule has 59 heavy (non-hydrogen) atoms. The Hall–Kier alpha value is -6.88. The first-order valence-electron chi connectivity index (χ1n) is 20.3. The SMILES string of the molecule is CC1(C)c2ccc3c(c2-c2cccc(-c4nc(-c5ccccc5)nc(-c5ccc(-c6ccccc6)cc5)n4)c21)Sc1ccccc1C31c2ccccc2-c2ccccc21. The number of fused-ring (bicyclic) bond motifs is 13. The van der Waals surface area contributed by atoms with Crippen molar-refractivity contribution < 1.29 is 0 Å². The molecule has 8 aromatic carbocycles.